The number of nitrogens with zero attached hydrogens (tertiary/aromatic N) is 4. The molecular formula is C17H9BrCl2N4O2. The van der Waals surface area contributed by atoms with E-state index in [-0.39, 0.29) is 18.0 Å². The summed E-state index contributed by atoms with van der Waals surface area (Å²) in [6, 6.07) is 10.6. The van der Waals surface area contributed by atoms with Gasteiger partial charge in [-0.15, -0.1) is 10.2 Å². The average Bonchev–Trinajstić information content (AvgIpc) is 3.06. The minimum absolute atomic E-state index is 0.0867. The molecule has 0 radical (unpaired) electrons. The van der Waals surface area contributed by atoms with Gasteiger partial charge in [0.15, 0.2) is 0 Å². The molecule has 0 atom stereocenters. The first-order chi connectivity index (χ1) is 12.5. The van der Waals surface area contributed by atoms with Gasteiger partial charge in [0, 0.05) is 9.50 Å². The minimum atomic E-state index is -0.292. The lowest BCUT2D eigenvalue weighted by Gasteiger charge is -2.05. The van der Waals surface area contributed by atoms with Crippen LogP contribution in [0.15, 0.2) is 56.4 Å². The highest BCUT2D eigenvalue weighted by Gasteiger charge is 2.14. The third-order valence-electron chi connectivity index (χ3n) is 3.72. The maximum Gasteiger partial charge on any atom is 0.261 e. The molecule has 0 amide bonds. The van der Waals surface area contributed by atoms with Crippen molar-refractivity contribution in [1.82, 2.24) is 19.7 Å². The van der Waals surface area contributed by atoms with E-state index in [0.29, 0.717) is 26.8 Å². The standard InChI is InChI=1S/C17H9BrCl2N4O2/c18-12-4-2-1-3-10(12)16-23-22-14(26-16)7-24-8-21-15-11(17(24)25)5-9(19)6-13(15)20/h1-6,8H,7H2. The van der Waals surface area contributed by atoms with Crippen LogP contribution in [0.1, 0.15) is 5.89 Å². The van der Waals surface area contributed by atoms with E-state index >= 15 is 0 Å². The summed E-state index contributed by atoms with van der Waals surface area (Å²) in [4.78, 5) is 16.9. The van der Waals surface area contributed by atoms with E-state index in [1.54, 1.807) is 6.07 Å². The zero-order chi connectivity index (χ0) is 18.3. The van der Waals surface area contributed by atoms with E-state index in [0.717, 1.165) is 10.0 Å². The molecule has 0 fully saturated rings. The molecule has 0 saturated heterocycles. The lowest BCUT2D eigenvalue weighted by molar-refractivity contribution is 0.483. The molecule has 0 aliphatic heterocycles. The van der Waals surface area contributed by atoms with Crippen molar-refractivity contribution >= 4 is 50.0 Å². The molecule has 4 rings (SSSR count). The molecule has 2 aromatic heterocycles. The van der Waals surface area contributed by atoms with Crippen LogP contribution in [0.5, 0.6) is 0 Å². The SMILES string of the molecule is O=c1c2cc(Cl)cc(Cl)c2ncn1Cc1nnc(-c2ccccc2Br)o1. The maximum atomic E-state index is 12.7. The van der Waals surface area contributed by atoms with Gasteiger partial charge in [-0.2, -0.15) is 0 Å². The molecule has 6 nitrogen and oxygen atoms in total. The topological polar surface area (TPSA) is 73.8 Å². The van der Waals surface area contributed by atoms with Gasteiger partial charge >= 0.3 is 0 Å². The van der Waals surface area contributed by atoms with Crippen LogP contribution in [-0.2, 0) is 6.54 Å². The van der Waals surface area contributed by atoms with E-state index in [1.807, 2.05) is 24.3 Å². The van der Waals surface area contributed by atoms with Gasteiger partial charge in [0.2, 0.25) is 11.8 Å². The predicted octanol–water partition coefficient (Wildman–Crippen LogP) is 4.56. The van der Waals surface area contributed by atoms with Crippen molar-refractivity contribution in [1.29, 1.82) is 0 Å². The van der Waals surface area contributed by atoms with Gasteiger partial charge in [-0.1, -0.05) is 35.3 Å². The number of benzene rings is 2. The van der Waals surface area contributed by atoms with Crippen LogP contribution in [0.2, 0.25) is 10.0 Å². The normalized spacial score (nSPS) is 11.2. The third kappa shape index (κ3) is 3.13. The lowest BCUT2D eigenvalue weighted by atomic mass is 10.2. The predicted molar refractivity (Wildman–Crippen MR) is 103 cm³/mol. The Kier molecular flexibility index (Phi) is 4.52. The summed E-state index contributed by atoms with van der Waals surface area (Å²) in [5.41, 5.74) is 0.880. The van der Waals surface area contributed by atoms with E-state index in [9.17, 15) is 4.79 Å². The smallest absolute Gasteiger partial charge is 0.261 e. The Labute approximate surface area is 165 Å². The molecule has 0 aliphatic rings. The van der Waals surface area contributed by atoms with Gasteiger partial charge in [-0.25, -0.2) is 4.98 Å². The van der Waals surface area contributed by atoms with Gasteiger partial charge in [0.05, 0.1) is 27.8 Å². The molecule has 0 spiro atoms. The van der Waals surface area contributed by atoms with E-state index < -0.39 is 0 Å². The summed E-state index contributed by atoms with van der Waals surface area (Å²) in [5.74, 6) is 0.646. The first-order valence-electron chi connectivity index (χ1n) is 7.44. The molecular weight excluding hydrogens is 443 g/mol. The molecule has 0 bridgehead atoms. The Morgan fingerprint density at radius 3 is 2.77 bits per heavy atom. The summed E-state index contributed by atoms with van der Waals surface area (Å²) in [6.45, 7) is 0.0867. The first-order valence-corrected chi connectivity index (χ1v) is 8.99. The first kappa shape index (κ1) is 17.2. The molecule has 4 aromatic rings. The molecule has 26 heavy (non-hydrogen) atoms. The van der Waals surface area contributed by atoms with Crippen molar-refractivity contribution in [3.63, 3.8) is 0 Å². The van der Waals surface area contributed by atoms with Crippen molar-refractivity contribution in [3.8, 4) is 11.5 Å². The summed E-state index contributed by atoms with van der Waals surface area (Å²) < 4.78 is 7.88. The number of hydrogen-bond donors (Lipinski definition) is 0. The quantitative estimate of drug-likeness (QED) is 0.456. The lowest BCUT2D eigenvalue weighted by Crippen LogP contribution is -2.21. The zero-order valence-electron chi connectivity index (χ0n) is 13.0. The van der Waals surface area contributed by atoms with Crippen LogP contribution < -0.4 is 5.56 Å². The number of fused-ring (bicyclic) bond motifs is 1. The van der Waals surface area contributed by atoms with Crippen LogP contribution in [-0.4, -0.2) is 19.7 Å². The highest BCUT2D eigenvalue weighted by Crippen LogP contribution is 2.27. The van der Waals surface area contributed by atoms with Crippen molar-refractivity contribution in [2.45, 2.75) is 6.54 Å². The number of hydrogen-bond acceptors (Lipinski definition) is 5. The molecule has 130 valence electrons. The Hall–Kier alpha value is -2.22. The second-order valence-electron chi connectivity index (χ2n) is 5.44. The van der Waals surface area contributed by atoms with Gasteiger partial charge in [-0.05, 0) is 40.2 Å². The van der Waals surface area contributed by atoms with Crippen molar-refractivity contribution in [3.05, 3.63) is 73.5 Å². The van der Waals surface area contributed by atoms with Crippen LogP contribution in [0, 0.1) is 0 Å². The zero-order valence-corrected chi connectivity index (χ0v) is 16.1. The maximum absolute atomic E-state index is 12.7. The van der Waals surface area contributed by atoms with Crippen LogP contribution in [0.3, 0.4) is 0 Å². The highest BCUT2D eigenvalue weighted by atomic mass is 79.9. The minimum Gasteiger partial charge on any atom is -0.419 e. The van der Waals surface area contributed by atoms with E-state index in [2.05, 4.69) is 31.1 Å². The molecule has 9 heteroatoms. The highest BCUT2D eigenvalue weighted by molar-refractivity contribution is 9.10. The van der Waals surface area contributed by atoms with Crippen LogP contribution >= 0.6 is 39.1 Å². The molecule has 2 heterocycles. The summed E-state index contributed by atoms with van der Waals surface area (Å²) >= 11 is 15.5. The summed E-state index contributed by atoms with van der Waals surface area (Å²) in [5, 5.41) is 9.07. The fraction of sp³-hybridized carbons (Fsp3) is 0.0588. The fourth-order valence-electron chi connectivity index (χ4n) is 2.51. The Morgan fingerprint density at radius 1 is 1.15 bits per heavy atom. The Bertz CT molecular complexity index is 1190. The molecule has 0 unspecified atom stereocenters. The van der Waals surface area contributed by atoms with Crippen LogP contribution in [0.25, 0.3) is 22.4 Å². The second kappa shape index (κ2) is 6.83. The van der Waals surface area contributed by atoms with Crippen LogP contribution in [0.4, 0.5) is 0 Å². The Balaban J connectivity index is 1.72. The molecule has 0 aliphatic carbocycles. The second-order valence-corrected chi connectivity index (χ2v) is 7.14. The van der Waals surface area contributed by atoms with Crippen molar-refractivity contribution in [2.24, 2.45) is 0 Å². The monoisotopic (exact) mass is 450 g/mol. The Morgan fingerprint density at radius 2 is 1.96 bits per heavy atom. The fourth-order valence-corrected chi connectivity index (χ4v) is 3.51. The summed E-state index contributed by atoms with van der Waals surface area (Å²) in [7, 11) is 0. The van der Waals surface area contributed by atoms with Crippen molar-refractivity contribution < 1.29 is 4.42 Å². The summed E-state index contributed by atoms with van der Waals surface area (Å²) in [6.07, 6.45) is 1.40. The van der Waals surface area contributed by atoms with E-state index in [4.69, 9.17) is 27.6 Å². The van der Waals surface area contributed by atoms with Gasteiger partial charge < -0.3 is 4.42 Å². The van der Waals surface area contributed by atoms with Crippen molar-refractivity contribution in [2.75, 3.05) is 0 Å². The van der Waals surface area contributed by atoms with Gasteiger partial charge in [0.1, 0.15) is 6.54 Å². The van der Waals surface area contributed by atoms with Gasteiger partial charge in [-0.3, -0.25) is 9.36 Å². The number of halogens is 3. The third-order valence-corrected chi connectivity index (χ3v) is 4.92. The average molecular weight is 452 g/mol. The molecule has 2 aromatic carbocycles. The number of aromatic nitrogens is 4. The number of rotatable bonds is 3. The van der Waals surface area contributed by atoms with Gasteiger partial charge in [0.25, 0.3) is 5.56 Å². The van der Waals surface area contributed by atoms with E-state index in [1.165, 1.54) is 17.0 Å². The molecule has 0 N–H and O–H groups in total. The molecule has 0 saturated carbocycles. The largest absolute Gasteiger partial charge is 0.419 e.